The Morgan fingerprint density at radius 3 is 2.43 bits per heavy atom. The van der Waals surface area contributed by atoms with Crippen molar-refractivity contribution in [1.29, 1.82) is 0 Å². The topological polar surface area (TPSA) is 18.5 Å². The van der Waals surface area contributed by atoms with Crippen molar-refractivity contribution in [2.24, 2.45) is 0 Å². The van der Waals surface area contributed by atoms with Crippen molar-refractivity contribution in [2.45, 2.75) is 45.4 Å². The van der Waals surface area contributed by atoms with Gasteiger partial charge in [-0.25, -0.2) is 0 Å². The van der Waals surface area contributed by atoms with Crippen LogP contribution in [0.4, 0.5) is 0 Å². The van der Waals surface area contributed by atoms with Crippen LogP contribution in [0, 0.1) is 0 Å². The molecule has 1 fully saturated rings. The molecule has 1 aromatic rings. The van der Waals surface area contributed by atoms with Gasteiger partial charge in [0.05, 0.1) is 13.2 Å². The van der Waals surface area contributed by atoms with Gasteiger partial charge in [0.15, 0.2) is 0 Å². The van der Waals surface area contributed by atoms with Crippen molar-refractivity contribution in [2.75, 3.05) is 19.0 Å². The molecule has 1 aromatic carbocycles. The van der Waals surface area contributed by atoms with Gasteiger partial charge in [-0.15, -0.1) is 0 Å². The third-order valence-corrected chi connectivity index (χ3v) is 3.98. The monoisotopic (exact) mass is 306 g/mol. The Balaban J connectivity index is 2.00. The molecule has 2 rings (SSSR count). The van der Waals surface area contributed by atoms with Crippen LogP contribution >= 0.6 is 12.6 Å². The first-order chi connectivity index (χ1) is 10.3. The summed E-state index contributed by atoms with van der Waals surface area (Å²) in [5.41, 5.74) is 2.64. The molecular formula is C18H26O2S. The number of ether oxygens (including phenoxy) is 2. The zero-order valence-electron chi connectivity index (χ0n) is 12.9. The quantitative estimate of drug-likeness (QED) is 0.389. The molecule has 0 heterocycles. The van der Waals surface area contributed by atoms with Crippen molar-refractivity contribution < 1.29 is 9.47 Å². The van der Waals surface area contributed by atoms with E-state index in [2.05, 4.69) is 31.7 Å². The Morgan fingerprint density at radius 1 is 1.10 bits per heavy atom. The van der Waals surface area contributed by atoms with Crippen LogP contribution in [-0.2, 0) is 4.74 Å². The second-order valence-electron chi connectivity index (χ2n) is 5.44. The maximum absolute atomic E-state index is 6.06. The standard InChI is InChI=1S/C18H26O2S/c1-2-12-19-17-10-8-16(9-11-17)18(15-6-5-7-15)20-13-3-4-14-21/h8-11,21H,2-7,12-14H2,1H3. The van der Waals surface area contributed by atoms with E-state index >= 15 is 0 Å². The third kappa shape index (κ3) is 4.99. The highest BCUT2D eigenvalue weighted by Crippen LogP contribution is 2.34. The second-order valence-corrected chi connectivity index (χ2v) is 5.89. The molecule has 116 valence electrons. The van der Waals surface area contributed by atoms with Crippen molar-refractivity contribution in [3.63, 3.8) is 0 Å². The summed E-state index contributed by atoms with van der Waals surface area (Å²) in [4.78, 5) is 0. The highest BCUT2D eigenvalue weighted by Gasteiger charge is 2.17. The number of hydrogen-bond donors (Lipinski definition) is 1. The minimum Gasteiger partial charge on any atom is -0.494 e. The normalized spacial score (nSPS) is 13.7. The van der Waals surface area contributed by atoms with Crippen molar-refractivity contribution in [3.05, 3.63) is 35.4 Å². The van der Waals surface area contributed by atoms with E-state index in [1.165, 1.54) is 30.4 Å². The molecule has 0 spiro atoms. The van der Waals surface area contributed by atoms with Gasteiger partial charge in [0.25, 0.3) is 0 Å². The lowest BCUT2D eigenvalue weighted by Crippen LogP contribution is -2.06. The van der Waals surface area contributed by atoms with Gasteiger partial charge in [0.2, 0.25) is 0 Å². The maximum Gasteiger partial charge on any atom is 0.125 e. The predicted octanol–water partition coefficient (Wildman–Crippen LogP) is 5.10. The molecule has 0 bridgehead atoms. The first-order valence-corrected chi connectivity index (χ1v) is 8.67. The SMILES string of the molecule is CCCOc1ccc(C(OCCCCS)=C2CCC2)cc1. The Labute approximate surface area is 133 Å². The molecule has 0 atom stereocenters. The molecule has 2 nitrogen and oxygen atoms in total. The molecule has 0 aromatic heterocycles. The number of benzene rings is 1. The number of hydrogen-bond acceptors (Lipinski definition) is 3. The van der Waals surface area contributed by atoms with Crippen molar-refractivity contribution in [3.8, 4) is 5.75 Å². The predicted molar refractivity (Wildman–Crippen MR) is 92.0 cm³/mol. The van der Waals surface area contributed by atoms with E-state index in [0.717, 1.165) is 49.7 Å². The molecule has 21 heavy (non-hydrogen) atoms. The highest BCUT2D eigenvalue weighted by atomic mass is 32.1. The first kappa shape index (κ1) is 16.3. The van der Waals surface area contributed by atoms with E-state index in [0.29, 0.717) is 0 Å². The number of thiol groups is 1. The maximum atomic E-state index is 6.06. The van der Waals surface area contributed by atoms with Crippen LogP contribution in [0.5, 0.6) is 5.75 Å². The number of allylic oxidation sites excluding steroid dienone is 1. The smallest absolute Gasteiger partial charge is 0.125 e. The Morgan fingerprint density at radius 2 is 1.86 bits per heavy atom. The number of unbranched alkanes of at least 4 members (excludes halogenated alkanes) is 1. The Hall–Kier alpha value is -1.09. The summed E-state index contributed by atoms with van der Waals surface area (Å²) in [6, 6.07) is 8.32. The summed E-state index contributed by atoms with van der Waals surface area (Å²) < 4.78 is 11.7. The molecule has 0 radical (unpaired) electrons. The lowest BCUT2D eigenvalue weighted by Gasteiger charge is -2.23. The molecule has 0 amide bonds. The summed E-state index contributed by atoms with van der Waals surface area (Å²) in [5, 5.41) is 0. The lowest BCUT2D eigenvalue weighted by molar-refractivity contribution is 0.264. The second kappa shape index (κ2) is 9.04. The van der Waals surface area contributed by atoms with Gasteiger partial charge in [-0.3, -0.25) is 0 Å². The molecular weight excluding hydrogens is 280 g/mol. The minimum absolute atomic E-state index is 0.771. The molecule has 1 aliphatic carbocycles. The summed E-state index contributed by atoms with van der Waals surface area (Å²) in [6.07, 6.45) is 6.85. The van der Waals surface area contributed by atoms with Gasteiger partial charge < -0.3 is 9.47 Å². The van der Waals surface area contributed by atoms with Gasteiger partial charge in [0.1, 0.15) is 11.5 Å². The Bertz CT molecular complexity index is 445. The van der Waals surface area contributed by atoms with Crippen molar-refractivity contribution >= 4 is 18.4 Å². The van der Waals surface area contributed by atoms with Gasteiger partial charge in [-0.1, -0.05) is 6.92 Å². The first-order valence-electron chi connectivity index (χ1n) is 8.04. The Kier molecular flexibility index (Phi) is 7.01. The van der Waals surface area contributed by atoms with E-state index in [4.69, 9.17) is 9.47 Å². The zero-order chi connectivity index (χ0) is 14.9. The molecule has 3 heteroatoms. The van der Waals surface area contributed by atoms with E-state index in [1.54, 1.807) is 0 Å². The van der Waals surface area contributed by atoms with Crippen molar-refractivity contribution in [1.82, 2.24) is 0 Å². The van der Waals surface area contributed by atoms with Crippen LogP contribution in [0.3, 0.4) is 0 Å². The average molecular weight is 306 g/mol. The van der Waals surface area contributed by atoms with Gasteiger partial charge in [-0.2, -0.15) is 12.6 Å². The summed E-state index contributed by atoms with van der Waals surface area (Å²) in [5.74, 6) is 2.97. The average Bonchev–Trinajstić information content (AvgIpc) is 2.47. The van der Waals surface area contributed by atoms with Crippen LogP contribution in [0.1, 0.15) is 51.0 Å². The summed E-state index contributed by atoms with van der Waals surface area (Å²) in [7, 11) is 0. The molecule has 0 saturated heterocycles. The van der Waals surface area contributed by atoms with Gasteiger partial charge in [-0.05, 0) is 74.1 Å². The summed E-state index contributed by atoms with van der Waals surface area (Å²) >= 11 is 4.24. The van der Waals surface area contributed by atoms with E-state index in [9.17, 15) is 0 Å². The molecule has 0 N–H and O–H groups in total. The van der Waals surface area contributed by atoms with Crippen LogP contribution in [0.2, 0.25) is 0 Å². The van der Waals surface area contributed by atoms with E-state index in [1.807, 2.05) is 12.1 Å². The van der Waals surface area contributed by atoms with Crippen LogP contribution in [0.15, 0.2) is 29.8 Å². The minimum atomic E-state index is 0.771. The molecule has 1 saturated carbocycles. The van der Waals surface area contributed by atoms with Crippen LogP contribution in [0.25, 0.3) is 5.76 Å². The fourth-order valence-corrected chi connectivity index (χ4v) is 2.50. The lowest BCUT2D eigenvalue weighted by atomic mass is 9.89. The van der Waals surface area contributed by atoms with Gasteiger partial charge >= 0.3 is 0 Å². The third-order valence-electron chi connectivity index (χ3n) is 3.67. The largest absolute Gasteiger partial charge is 0.494 e. The van der Waals surface area contributed by atoms with Crippen LogP contribution in [-0.4, -0.2) is 19.0 Å². The van der Waals surface area contributed by atoms with Crippen LogP contribution < -0.4 is 4.74 Å². The highest BCUT2D eigenvalue weighted by molar-refractivity contribution is 7.80. The van der Waals surface area contributed by atoms with E-state index in [-0.39, 0.29) is 0 Å². The zero-order valence-corrected chi connectivity index (χ0v) is 13.8. The summed E-state index contributed by atoms with van der Waals surface area (Å²) in [6.45, 7) is 3.67. The van der Waals surface area contributed by atoms with Gasteiger partial charge in [0, 0.05) is 5.56 Å². The fourth-order valence-electron chi connectivity index (χ4n) is 2.28. The molecule has 1 aliphatic rings. The fraction of sp³-hybridized carbons (Fsp3) is 0.556. The van der Waals surface area contributed by atoms with E-state index < -0.39 is 0 Å². The number of rotatable bonds is 9. The molecule has 0 unspecified atom stereocenters. The molecule has 0 aliphatic heterocycles.